The molecule has 0 bridgehead atoms. The van der Waals surface area contributed by atoms with Crippen LogP contribution in [0.1, 0.15) is 18.5 Å². The molecule has 1 heterocycles. The van der Waals surface area contributed by atoms with Crippen molar-refractivity contribution < 1.29 is 4.39 Å². The Labute approximate surface area is 111 Å². The smallest absolute Gasteiger partial charge is 0.127 e. The number of benzene rings is 1. The predicted molar refractivity (Wildman–Crippen MR) is 76.4 cm³/mol. The Bertz CT molecular complexity index is 353. The maximum absolute atomic E-state index is 13.6. The summed E-state index contributed by atoms with van der Waals surface area (Å²) in [5.74, 6) is 3.61. The Morgan fingerprint density at radius 1 is 1.41 bits per heavy atom. The lowest BCUT2D eigenvalue weighted by atomic mass is 10.1. The zero-order valence-electron chi connectivity index (χ0n) is 9.99. The number of rotatable bonds is 4. The summed E-state index contributed by atoms with van der Waals surface area (Å²) < 4.78 is 13.6. The summed E-state index contributed by atoms with van der Waals surface area (Å²) in [6, 6.07) is 7.10. The molecule has 1 aliphatic heterocycles. The first-order valence-electron chi connectivity index (χ1n) is 5.94. The Hall–Kier alpha value is -0.190. The van der Waals surface area contributed by atoms with E-state index in [-0.39, 0.29) is 11.9 Å². The van der Waals surface area contributed by atoms with Gasteiger partial charge < -0.3 is 5.32 Å². The molecule has 0 amide bonds. The molecule has 0 aromatic heterocycles. The summed E-state index contributed by atoms with van der Waals surface area (Å²) in [5, 5.41) is 4.10. The molecule has 17 heavy (non-hydrogen) atoms. The third-order valence-electron chi connectivity index (χ3n) is 2.91. The molecule has 2 rings (SSSR count). The summed E-state index contributed by atoms with van der Waals surface area (Å²) in [6.07, 6.45) is 0. The number of nitrogens with one attached hydrogen (secondary N) is 1. The zero-order chi connectivity index (χ0) is 12.1. The summed E-state index contributed by atoms with van der Waals surface area (Å²) in [5.41, 5.74) is 0.765. The lowest BCUT2D eigenvalue weighted by molar-refractivity contribution is 0.531. The van der Waals surface area contributed by atoms with Gasteiger partial charge in [-0.15, -0.1) is 0 Å². The quantitative estimate of drug-likeness (QED) is 0.902. The Balaban J connectivity index is 1.84. The molecule has 0 saturated carbocycles. The molecule has 0 radical (unpaired) electrons. The van der Waals surface area contributed by atoms with Gasteiger partial charge >= 0.3 is 0 Å². The van der Waals surface area contributed by atoms with Gasteiger partial charge in [0.1, 0.15) is 5.82 Å². The van der Waals surface area contributed by atoms with Crippen LogP contribution >= 0.6 is 23.5 Å². The number of hydrogen-bond acceptors (Lipinski definition) is 3. The van der Waals surface area contributed by atoms with Crippen molar-refractivity contribution in [2.75, 3.05) is 23.8 Å². The third kappa shape index (κ3) is 3.90. The van der Waals surface area contributed by atoms with E-state index in [4.69, 9.17) is 0 Å². The van der Waals surface area contributed by atoms with E-state index in [1.165, 1.54) is 23.3 Å². The van der Waals surface area contributed by atoms with Crippen LogP contribution in [0, 0.1) is 5.82 Å². The van der Waals surface area contributed by atoms with Gasteiger partial charge in [0.25, 0.3) is 0 Å². The highest BCUT2D eigenvalue weighted by molar-refractivity contribution is 8.06. The van der Waals surface area contributed by atoms with Crippen molar-refractivity contribution in [2.45, 2.75) is 18.2 Å². The van der Waals surface area contributed by atoms with Gasteiger partial charge in [0.05, 0.1) is 0 Å². The van der Waals surface area contributed by atoms with E-state index in [1.807, 2.05) is 42.6 Å². The fourth-order valence-electron chi connectivity index (χ4n) is 1.90. The minimum Gasteiger partial charge on any atom is -0.309 e. The number of hydrogen-bond donors (Lipinski definition) is 1. The zero-order valence-corrected chi connectivity index (χ0v) is 11.6. The van der Waals surface area contributed by atoms with Crippen LogP contribution in [0.4, 0.5) is 4.39 Å². The Kier molecular flexibility index (Phi) is 5.19. The third-order valence-corrected chi connectivity index (χ3v) is 5.75. The van der Waals surface area contributed by atoms with Crippen molar-refractivity contribution in [3.8, 4) is 0 Å². The second-order valence-corrected chi connectivity index (χ2v) is 6.78. The van der Waals surface area contributed by atoms with E-state index in [9.17, 15) is 4.39 Å². The molecule has 2 atom stereocenters. The Morgan fingerprint density at radius 2 is 2.24 bits per heavy atom. The van der Waals surface area contributed by atoms with E-state index in [0.29, 0.717) is 5.25 Å². The van der Waals surface area contributed by atoms with Gasteiger partial charge in [-0.25, -0.2) is 4.39 Å². The van der Waals surface area contributed by atoms with Crippen LogP contribution < -0.4 is 5.32 Å². The molecule has 1 saturated heterocycles. The molecule has 1 nitrogen and oxygen atoms in total. The normalized spacial score (nSPS) is 22.4. The van der Waals surface area contributed by atoms with Gasteiger partial charge in [-0.2, -0.15) is 23.5 Å². The molecule has 4 heteroatoms. The maximum Gasteiger partial charge on any atom is 0.127 e. The monoisotopic (exact) mass is 271 g/mol. The van der Waals surface area contributed by atoms with Crippen LogP contribution in [0.5, 0.6) is 0 Å². The van der Waals surface area contributed by atoms with Crippen molar-refractivity contribution in [3.05, 3.63) is 35.6 Å². The van der Waals surface area contributed by atoms with Gasteiger partial charge in [-0.3, -0.25) is 0 Å². The molecular weight excluding hydrogens is 253 g/mol. The van der Waals surface area contributed by atoms with Crippen molar-refractivity contribution in [1.82, 2.24) is 5.32 Å². The van der Waals surface area contributed by atoms with E-state index >= 15 is 0 Å². The van der Waals surface area contributed by atoms with Crippen LogP contribution in [0.25, 0.3) is 0 Å². The topological polar surface area (TPSA) is 12.0 Å². The average Bonchev–Trinajstić information content (AvgIpc) is 2.38. The number of halogens is 1. The molecule has 1 aromatic rings. The molecule has 1 fully saturated rings. The van der Waals surface area contributed by atoms with Crippen molar-refractivity contribution >= 4 is 23.5 Å². The standard InChI is InChI=1S/C13H18FNS2/c1-10(12-4-2-3-5-13(12)14)15-8-11-9-16-6-7-17-11/h2-5,10-11,15H,6-9H2,1H3. The SMILES string of the molecule is CC(NCC1CSCCS1)c1ccccc1F. The second kappa shape index (κ2) is 6.66. The van der Waals surface area contributed by atoms with E-state index in [0.717, 1.165) is 12.1 Å². The van der Waals surface area contributed by atoms with Gasteiger partial charge in [0.2, 0.25) is 0 Å². The molecule has 0 spiro atoms. The highest BCUT2D eigenvalue weighted by Gasteiger charge is 2.16. The molecule has 2 unspecified atom stereocenters. The van der Waals surface area contributed by atoms with Crippen molar-refractivity contribution in [3.63, 3.8) is 0 Å². The maximum atomic E-state index is 13.6. The van der Waals surface area contributed by atoms with E-state index in [2.05, 4.69) is 5.32 Å². The molecule has 1 N–H and O–H groups in total. The summed E-state index contributed by atoms with van der Waals surface area (Å²) >= 11 is 4.05. The molecule has 94 valence electrons. The fourth-order valence-corrected chi connectivity index (χ4v) is 4.52. The summed E-state index contributed by atoms with van der Waals surface area (Å²) in [6.45, 7) is 2.99. The average molecular weight is 271 g/mol. The predicted octanol–water partition coefficient (Wildman–Crippen LogP) is 3.32. The van der Waals surface area contributed by atoms with Crippen LogP contribution in [-0.4, -0.2) is 29.1 Å². The van der Waals surface area contributed by atoms with Crippen LogP contribution in [0.3, 0.4) is 0 Å². The minimum absolute atomic E-state index is 0.0868. The van der Waals surface area contributed by atoms with Crippen molar-refractivity contribution in [2.24, 2.45) is 0 Å². The largest absolute Gasteiger partial charge is 0.309 e. The van der Waals surface area contributed by atoms with Crippen molar-refractivity contribution in [1.29, 1.82) is 0 Å². The molecule has 0 aliphatic carbocycles. The first-order chi connectivity index (χ1) is 8.27. The van der Waals surface area contributed by atoms with Crippen LogP contribution in [0.2, 0.25) is 0 Å². The molecule has 1 aliphatic rings. The first-order valence-corrected chi connectivity index (χ1v) is 8.15. The van der Waals surface area contributed by atoms with E-state index < -0.39 is 0 Å². The summed E-state index contributed by atoms with van der Waals surface area (Å²) in [7, 11) is 0. The number of thioether (sulfide) groups is 2. The molecule has 1 aromatic carbocycles. The highest BCUT2D eigenvalue weighted by Crippen LogP contribution is 2.24. The molecular formula is C13H18FNS2. The second-order valence-electron chi connectivity index (χ2n) is 4.22. The first kappa shape index (κ1) is 13.2. The van der Waals surface area contributed by atoms with Gasteiger partial charge in [0.15, 0.2) is 0 Å². The lowest BCUT2D eigenvalue weighted by Crippen LogP contribution is -2.31. The van der Waals surface area contributed by atoms with Crippen LogP contribution in [-0.2, 0) is 0 Å². The van der Waals surface area contributed by atoms with Gasteiger partial charge in [-0.05, 0) is 13.0 Å². The van der Waals surface area contributed by atoms with Gasteiger partial charge in [0, 0.05) is 40.7 Å². The van der Waals surface area contributed by atoms with E-state index in [1.54, 1.807) is 6.07 Å². The van der Waals surface area contributed by atoms with Gasteiger partial charge in [-0.1, -0.05) is 18.2 Å². The van der Waals surface area contributed by atoms with Crippen LogP contribution in [0.15, 0.2) is 24.3 Å². The summed E-state index contributed by atoms with van der Waals surface area (Å²) in [4.78, 5) is 0. The highest BCUT2D eigenvalue weighted by atomic mass is 32.2. The fraction of sp³-hybridized carbons (Fsp3) is 0.538. The minimum atomic E-state index is -0.113. The lowest BCUT2D eigenvalue weighted by Gasteiger charge is -2.23. The Morgan fingerprint density at radius 3 is 2.94 bits per heavy atom.